The second kappa shape index (κ2) is 7.97. The molecular formula is C18H18ClN3O4. The van der Waals surface area contributed by atoms with Crippen molar-refractivity contribution in [2.24, 2.45) is 0 Å². The van der Waals surface area contributed by atoms with Crippen molar-refractivity contribution >= 4 is 29.2 Å². The van der Waals surface area contributed by atoms with Gasteiger partial charge in [0.15, 0.2) is 11.5 Å². The van der Waals surface area contributed by atoms with Crippen LogP contribution < -0.4 is 25.4 Å². The van der Waals surface area contributed by atoms with E-state index in [2.05, 4.69) is 16.0 Å². The van der Waals surface area contributed by atoms with Crippen LogP contribution in [-0.2, 0) is 11.3 Å². The Morgan fingerprint density at radius 2 is 1.85 bits per heavy atom. The predicted octanol–water partition coefficient (Wildman–Crippen LogP) is 2.90. The molecule has 1 heterocycles. The van der Waals surface area contributed by atoms with E-state index in [0.717, 1.165) is 5.56 Å². The maximum absolute atomic E-state index is 12.2. The summed E-state index contributed by atoms with van der Waals surface area (Å²) in [6.07, 6.45) is 0. The van der Waals surface area contributed by atoms with Crippen LogP contribution in [0.25, 0.3) is 0 Å². The van der Waals surface area contributed by atoms with Crippen molar-refractivity contribution in [1.29, 1.82) is 0 Å². The Hall–Kier alpha value is -2.93. The van der Waals surface area contributed by atoms with E-state index in [1.54, 1.807) is 37.3 Å². The van der Waals surface area contributed by atoms with Crippen LogP contribution >= 0.6 is 11.6 Å². The number of hydrogen-bond acceptors (Lipinski definition) is 4. The van der Waals surface area contributed by atoms with Crippen molar-refractivity contribution < 1.29 is 19.1 Å². The summed E-state index contributed by atoms with van der Waals surface area (Å²) in [5, 5.41) is 8.57. The Balaban J connectivity index is 1.46. The lowest BCUT2D eigenvalue weighted by molar-refractivity contribution is -0.122. The zero-order valence-electron chi connectivity index (χ0n) is 14.0. The molecule has 0 saturated carbocycles. The molecule has 3 rings (SSSR count). The highest BCUT2D eigenvalue weighted by Crippen LogP contribution is 2.32. The molecule has 0 aromatic heterocycles. The van der Waals surface area contributed by atoms with Gasteiger partial charge < -0.3 is 25.4 Å². The van der Waals surface area contributed by atoms with Gasteiger partial charge in [0.1, 0.15) is 6.04 Å². The molecule has 1 atom stereocenters. The molecule has 0 saturated heterocycles. The van der Waals surface area contributed by atoms with E-state index in [1.165, 1.54) is 0 Å². The molecule has 0 aliphatic carbocycles. The van der Waals surface area contributed by atoms with Gasteiger partial charge in [0, 0.05) is 17.3 Å². The smallest absolute Gasteiger partial charge is 0.319 e. The van der Waals surface area contributed by atoms with Crippen LogP contribution in [0.5, 0.6) is 11.5 Å². The van der Waals surface area contributed by atoms with Crippen molar-refractivity contribution in [2.75, 3.05) is 12.1 Å². The largest absolute Gasteiger partial charge is 0.454 e. The third-order valence-electron chi connectivity index (χ3n) is 3.75. The first-order valence-corrected chi connectivity index (χ1v) is 8.38. The summed E-state index contributed by atoms with van der Waals surface area (Å²) in [7, 11) is 0. The van der Waals surface area contributed by atoms with Gasteiger partial charge in [-0.25, -0.2) is 4.79 Å². The summed E-state index contributed by atoms with van der Waals surface area (Å²) in [6.45, 7) is 2.13. The number of rotatable bonds is 5. The molecule has 0 unspecified atom stereocenters. The third kappa shape index (κ3) is 4.58. The second-order valence-electron chi connectivity index (χ2n) is 5.73. The summed E-state index contributed by atoms with van der Waals surface area (Å²) in [5.74, 6) is 1.05. The number of anilines is 1. The van der Waals surface area contributed by atoms with Gasteiger partial charge in [0.25, 0.3) is 0 Å². The SMILES string of the molecule is C[C@H](NC(=O)Nc1ccc(Cl)cc1)C(=O)NCc1ccc2c(c1)OCO2. The molecule has 26 heavy (non-hydrogen) atoms. The van der Waals surface area contributed by atoms with Gasteiger partial charge in [0.2, 0.25) is 12.7 Å². The van der Waals surface area contributed by atoms with E-state index in [0.29, 0.717) is 28.8 Å². The van der Waals surface area contributed by atoms with Crippen molar-refractivity contribution in [3.63, 3.8) is 0 Å². The van der Waals surface area contributed by atoms with Gasteiger partial charge >= 0.3 is 6.03 Å². The number of amides is 3. The maximum atomic E-state index is 12.2. The van der Waals surface area contributed by atoms with Gasteiger partial charge in [-0.1, -0.05) is 17.7 Å². The fourth-order valence-corrected chi connectivity index (χ4v) is 2.48. The third-order valence-corrected chi connectivity index (χ3v) is 4.00. The van der Waals surface area contributed by atoms with Crippen LogP contribution in [-0.4, -0.2) is 24.8 Å². The van der Waals surface area contributed by atoms with Crippen LogP contribution in [0.2, 0.25) is 5.02 Å². The number of benzene rings is 2. The Morgan fingerprint density at radius 3 is 2.62 bits per heavy atom. The Labute approximate surface area is 155 Å². The molecular weight excluding hydrogens is 358 g/mol. The zero-order chi connectivity index (χ0) is 18.5. The molecule has 136 valence electrons. The number of hydrogen-bond donors (Lipinski definition) is 3. The summed E-state index contributed by atoms with van der Waals surface area (Å²) in [5.41, 5.74) is 1.46. The van der Waals surface area contributed by atoms with Crippen molar-refractivity contribution in [3.05, 3.63) is 53.1 Å². The van der Waals surface area contributed by atoms with Gasteiger partial charge in [-0.15, -0.1) is 0 Å². The Bertz CT molecular complexity index is 811. The Morgan fingerprint density at radius 1 is 1.12 bits per heavy atom. The highest BCUT2D eigenvalue weighted by atomic mass is 35.5. The first-order chi connectivity index (χ1) is 12.5. The molecule has 0 bridgehead atoms. The van der Waals surface area contributed by atoms with E-state index in [1.807, 2.05) is 12.1 Å². The van der Waals surface area contributed by atoms with Crippen molar-refractivity contribution in [2.45, 2.75) is 19.5 Å². The molecule has 1 aliphatic rings. The minimum absolute atomic E-state index is 0.203. The number of ether oxygens (including phenoxy) is 2. The minimum atomic E-state index is -0.698. The van der Waals surface area contributed by atoms with Gasteiger partial charge in [-0.3, -0.25) is 4.79 Å². The van der Waals surface area contributed by atoms with E-state index < -0.39 is 12.1 Å². The maximum Gasteiger partial charge on any atom is 0.319 e. The molecule has 8 heteroatoms. The normalized spacial score (nSPS) is 13.0. The molecule has 2 aromatic rings. The lowest BCUT2D eigenvalue weighted by Crippen LogP contribution is -2.46. The molecule has 3 N–H and O–H groups in total. The molecule has 0 fully saturated rings. The molecule has 3 amide bonds. The Kier molecular flexibility index (Phi) is 5.48. The number of fused-ring (bicyclic) bond motifs is 1. The topological polar surface area (TPSA) is 88.7 Å². The lowest BCUT2D eigenvalue weighted by Gasteiger charge is -2.15. The molecule has 7 nitrogen and oxygen atoms in total. The van der Waals surface area contributed by atoms with Crippen LogP contribution in [0.15, 0.2) is 42.5 Å². The average molecular weight is 376 g/mol. The fourth-order valence-electron chi connectivity index (χ4n) is 2.36. The van der Waals surface area contributed by atoms with E-state index in [9.17, 15) is 9.59 Å². The number of urea groups is 1. The molecule has 0 spiro atoms. The van der Waals surface area contributed by atoms with Crippen LogP contribution in [0, 0.1) is 0 Å². The van der Waals surface area contributed by atoms with Crippen LogP contribution in [0.3, 0.4) is 0 Å². The summed E-state index contributed by atoms with van der Waals surface area (Å²) in [6, 6.07) is 11.0. The average Bonchev–Trinajstić information content (AvgIpc) is 3.09. The monoisotopic (exact) mass is 375 g/mol. The molecule has 0 radical (unpaired) electrons. The summed E-state index contributed by atoms with van der Waals surface area (Å²) >= 11 is 5.79. The molecule has 2 aromatic carbocycles. The van der Waals surface area contributed by atoms with E-state index in [-0.39, 0.29) is 12.7 Å². The van der Waals surface area contributed by atoms with Crippen molar-refractivity contribution in [1.82, 2.24) is 10.6 Å². The number of carbonyl (C=O) groups excluding carboxylic acids is 2. The lowest BCUT2D eigenvalue weighted by atomic mass is 10.2. The van der Waals surface area contributed by atoms with Crippen molar-refractivity contribution in [3.8, 4) is 11.5 Å². The first kappa shape index (κ1) is 17.9. The predicted molar refractivity (Wildman–Crippen MR) is 97.5 cm³/mol. The summed E-state index contributed by atoms with van der Waals surface area (Å²) in [4.78, 5) is 24.1. The zero-order valence-corrected chi connectivity index (χ0v) is 14.8. The highest BCUT2D eigenvalue weighted by Gasteiger charge is 2.17. The standard InChI is InChI=1S/C18H18ClN3O4/c1-11(21-18(24)22-14-5-3-13(19)4-6-14)17(23)20-9-12-2-7-15-16(8-12)26-10-25-15/h2-8,11H,9-10H2,1H3,(H,20,23)(H2,21,22,24)/t11-/m0/s1. The fraction of sp³-hybridized carbons (Fsp3) is 0.222. The highest BCUT2D eigenvalue weighted by molar-refractivity contribution is 6.30. The van der Waals surface area contributed by atoms with Gasteiger partial charge in [0.05, 0.1) is 0 Å². The molecule has 1 aliphatic heterocycles. The van der Waals surface area contributed by atoms with Gasteiger partial charge in [-0.2, -0.15) is 0 Å². The number of carbonyl (C=O) groups is 2. The quantitative estimate of drug-likeness (QED) is 0.749. The van der Waals surface area contributed by atoms with Crippen LogP contribution in [0.4, 0.5) is 10.5 Å². The van der Waals surface area contributed by atoms with E-state index in [4.69, 9.17) is 21.1 Å². The number of nitrogens with one attached hydrogen (secondary N) is 3. The van der Waals surface area contributed by atoms with Crippen LogP contribution in [0.1, 0.15) is 12.5 Å². The minimum Gasteiger partial charge on any atom is -0.454 e. The van der Waals surface area contributed by atoms with E-state index >= 15 is 0 Å². The summed E-state index contributed by atoms with van der Waals surface area (Å²) < 4.78 is 10.5. The second-order valence-corrected chi connectivity index (χ2v) is 6.17. The number of halogens is 1. The van der Waals surface area contributed by atoms with Gasteiger partial charge in [-0.05, 0) is 48.9 Å². The first-order valence-electron chi connectivity index (χ1n) is 8.00.